The van der Waals surface area contributed by atoms with Crippen LogP contribution in [0.2, 0.25) is 5.02 Å². The minimum atomic E-state index is -0.0146. The quantitative estimate of drug-likeness (QED) is 0.869. The van der Waals surface area contributed by atoms with Crippen molar-refractivity contribution >= 4 is 28.9 Å². The number of rotatable bonds is 3. The first kappa shape index (κ1) is 16.5. The molecular formula is C18H20ClN3O2. The monoisotopic (exact) mass is 345 g/mol. The number of ether oxygens (including phenoxy) is 1. The number of carbonyl (C=O) groups excluding carboxylic acids is 1. The fourth-order valence-electron chi connectivity index (χ4n) is 2.99. The summed E-state index contributed by atoms with van der Waals surface area (Å²) in [6, 6.07) is 12.8. The van der Waals surface area contributed by atoms with E-state index < -0.39 is 0 Å². The van der Waals surface area contributed by atoms with Crippen LogP contribution >= 0.6 is 11.6 Å². The third-order valence-corrected chi connectivity index (χ3v) is 4.54. The highest BCUT2D eigenvalue weighted by atomic mass is 35.5. The van der Waals surface area contributed by atoms with Crippen molar-refractivity contribution in [2.75, 3.05) is 43.9 Å². The van der Waals surface area contributed by atoms with E-state index in [1.807, 2.05) is 35.2 Å². The highest BCUT2D eigenvalue weighted by molar-refractivity contribution is 6.34. The molecule has 1 saturated heterocycles. The largest absolute Gasteiger partial charge is 0.496 e. The van der Waals surface area contributed by atoms with Gasteiger partial charge in [-0.3, -0.25) is 4.79 Å². The first-order chi connectivity index (χ1) is 11.6. The smallest absolute Gasteiger partial charge is 0.257 e. The predicted octanol–water partition coefficient (Wildman–Crippen LogP) is 2.89. The van der Waals surface area contributed by atoms with Crippen molar-refractivity contribution in [3.8, 4) is 5.75 Å². The maximum Gasteiger partial charge on any atom is 0.257 e. The second kappa shape index (κ2) is 7.01. The third-order valence-electron chi connectivity index (χ3n) is 4.24. The number of piperazine rings is 1. The van der Waals surface area contributed by atoms with E-state index in [0.29, 0.717) is 48.2 Å². The van der Waals surface area contributed by atoms with E-state index in [1.54, 1.807) is 19.2 Å². The lowest BCUT2D eigenvalue weighted by Crippen LogP contribution is -2.49. The van der Waals surface area contributed by atoms with Crippen LogP contribution in [0.3, 0.4) is 0 Å². The summed E-state index contributed by atoms with van der Waals surface area (Å²) < 4.78 is 5.29. The van der Waals surface area contributed by atoms with Gasteiger partial charge < -0.3 is 20.3 Å². The van der Waals surface area contributed by atoms with Crippen LogP contribution in [0.5, 0.6) is 5.75 Å². The molecule has 2 N–H and O–H groups in total. The molecule has 2 aromatic rings. The molecule has 1 aliphatic rings. The average molecular weight is 346 g/mol. The summed E-state index contributed by atoms with van der Waals surface area (Å²) >= 11 is 6.28. The molecule has 24 heavy (non-hydrogen) atoms. The Bertz CT molecular complexity index is 723. The van der Waals surface area contributed by atoms with E-state index in [0.717, 1.165) is 5.69 Å². The van der Waals surface area contributed by atoms with Crippen molar-refractivity contribution in [3.05, 3.63) is 53.1 Å². The number of hydrogen-bond acceptors (Lipinski definition) is 4. The van der Waals surface area contributed by atoms with Crippen molar-refractivity contribution in [2.45, 2.75) is 0 Å². The number of methoxy groups -OCH3 is 1. The zero-order valence-electron chi connectivity index (χ0n) is 13.5. The molecule has 0 radical (unpaired) electrons. The number of nitrogens with zero attached hydrogens (tertiary/aromatic N) is 2. The van der Waals surface area contributed by atoms with Crippen LogP contribution in [0, 0.1) is 0 Å². The van der Waals surface area contributed by atoms with E-state index in [1.165, 1.54) is 0 Å². The van der Waals surface area contributed by atoms with Crippen LogP contribution in [0.1, 0.15) is 10.4 Å². The van der Waals surface area contributed by atoms with Crippen molar-refractivity contribution in [1.82, 2.24) is 4.90 Å². The minimum Gasteiger partial charge on any atom is -0.496 e. The Balaban J connectivity index is 1.72. The normalized spacial score (nSPS) is 14.6. The Labute approximate surface area is 146 Å². The third kappa shape index (κ3) is 3.12. The Morgan fingerprint density at radius 1 is 1.08 bits per heavy atom. The first-order valence-electron chi connectivity index (χ1n) is 7.83. The SMILES string of the molecule is COc1ccccc1C(=O)N1CCN(c2c(N)cccc2Cl)CC1. The van der Waals surface area contributed by atoms with Crippen molar-refractivity contribution in [3.63, 3.8) is 0 Å². The first-order valence-corrected chi connectivity index (χ1v) is 8.21. The number of hydrogen-bond donors (Lipinski definition) is 1. The van der Waals surface area contributed by atoms with Crippen molar-refractivity contribution in [2.24, 2.45) is 0 Å². The zero-order valence-corrected chi connectivity index (χ0v) is 14.3. The maximum atomic E-state index is 12.7. The Kier molecular flexibility index (Phi) is 4.81. The Morgan fingerprint density at radius 3 is 2.46 bits per heavy atom. The standard InChI is InChI=1S/C18H20ClN3O2/c1-24-16-8-3-2-5-13(16)18(23)22-11-9-21(10-12-22)17-14(19)6-4-7-15(17)20/h2-8H,9-12,20H2,1H3. The molecular weight excluding hydrogens is 326 g/mol. The summed E-state index contributed by atoms with van der Waals surface area (Å²) in [5.74, 6) is 0.583. The van der Waals surface area contributed by atoms with Gasteiger partial charge in [-0.2, -0.15) is 0 Å². The average Bonchev–Trinajstić information content (AvgIpc) is 2.61. The lowest BCUT2D eigenvalue weighted by molar-refractivity contribution is 0.0743. The molecule has 0 saturated carbocycles. The summed E-state index contributed by atoms with van der Waals surface area (Å²) in [7, 11) is 1.57. The van der Waals surface area contributed by atoms with Gasteiger partial charge in [0.1, 0.15) is 5.75 Å². The molecule has 0 atom stereocenters. The topological polar surface area (TPSA) is 58.8 Å². The summed E-state index contributed by atoms with van der Waals surface area (Å²) in [6.07, 6.45) is 0. The Morgan fingerprint density at radius 2 is 1.79 bits per heavy atom. The molecule has 1 fully saturated rings. The molecule has 3 rings (SSSR count). The van der Waals surface area contributed by atoms with Gasteiger partial charge in [-0.1, -0.05) is 29.8 Å². The lowest BCUT2D eigenvalue weighted by atomic mass is 10.1. The highest BCUT2D eigenvalue weighted by Gasteiger charge is 2.25. The van der Waals surface area contributed by atoms with Crippen LogP contribution in [-0.4, -0.2) is 44.1 Å². The van der Waals surface area contributed by atoms with Crippen molar-refractivity contribution in [1.29, 1.82) is 0 Å². The fraction of sp³-hybridized carbons (Fsp3) is 0.278. The molecule has 1 heterocycles. The molecule has 6 heteroatoms. The number of nitrogens with two attached hydrogens (primary N) is 1. The summed E-state index contributed by atoms with van der Waals surface area (Å²) in [4.78, 5) is 16.7. The van der Waals surface area contributed by atoms with Gasteiger partial charge in [0.05, 0.1) is 29.1 Å². The number of halogens is 1. The number of carbonyl (C=O) groups is 1. The van der Waals surface area contributed by atoms with E-state index in [2.05, 4.69) is 4.90 Å². The molecule has 126 valence electrons. The van der Waals surface area contributed by atoms with Crippen LogP contribution in [0.15, 0.2) is 42.5 Å². The molecule has 5 nitrogen and oxygen atoms in total. The van der Waals surface area contributed by atoms with Gasteiger partial charge in [0, 0.05) is 26.2 Å². The molecule has 0 aromatic heterocycles. The summed E-state index contributed by atoms with van der Waals surface area (Å²) in [6.45, 7) is 2.60. The van der Waals surface area contributed by atoms with Gasteiger partial charge in [0.25, 0.3) is 5.91 Å². The molecule has 1 amide bonds. The molecule has 1 aliphatic heterocycles. The lowest BCUT2D eigenvalue weighted by Gasteiger charge is -2.37. The highest BCUT2D eigenvalue weighted by Crippen LogP contribution is 2.32. The zero-order chi connectivity index (χ0) is 17.1. The van der Waals surface area contributed by atoms with Crippen LogP contribution in [0.4, 0.5) is 11.4 Å². The van der Waals surface area contributed by atoms with Crippen LogP contribution in [-0.2, 0) is 0 Å². The number of amides is 1. The molecule has 0 unspecified atom stereocenters. The second-order valence-electron chi connectivity index (χ2n) is 5.66. The molecule has 0 aliphatic carbocycles. The van der Waals surface area contributed by atoms with Gasteiger partial charge in [0.2, 0.25) is 0 Å². The van der Waals surface area contributed by atoms with Crippen LogP contribution in [0.25, 0.3) is 0 Å². The van der Waals surface area contributed by atoms with Gasteiger partial charge in [-0.25, -0.2) is 0 Å². The van der Waals surface area contributed by atoms with Crippen molar-refractivity contribution < 1.29 is 9.53 Å². The number of anilines is 2. The maximum absolute atomic E-state index is 12.7. The Hall–Kier alpha value is -2.40. The van der Waals surface area contributed by atoms with E-state index in [4.69, 9.17) is 22.1 Å². The second-order valence-corrected chi connectivity index (χ2v) is 6.06. The van der Waals surface area contributed by atoms with Crippen LogP contribution < -0.4 is 15.4 Å². The van der Waals surface area contributed by atoms with Gasteiger partial charge in [-0.05, 0) is 24.3 Å². The van der Waals surface area contributed by atoms with E-state index >= 15 is 0 Å². The predicted molar refractivity (Wildman–Crippen MR) is 97.0 cm³/mol. The molecule has 0 bridgehead atoms. The number of para-hydroxylation sites is 2. The van der Waals surface area contributed by atoms with Gasteiger partial charge >= 0.3 is 0 Å². The summed E-state index contributed by atoms with van der Waals surface area (Å²) in [5.41, 5.74) is 8.15. The van der Waals surface area contributed by atoms with E-state index in [-0.39, 0.29) is 5.91 Å². The number of benzene rings is 2. The minimum absolute atomic E-state index is 0.0146. The molecule has 0 spiro atoms. The number of nitrogen functional groups attached to an aromatic ring is 1. The molecule has 2 aromatic carbocycles. The fourth-order valence-corrected chi connectivity index (χ4v) is 3.29. The van der Waals surface area contributed by atoms with Gasteiger partial charge in [0.15, 0.2) is 0 Å². The van der Waals surface area contributed by atoms with E-state index in [9.17, 15) is 4.79 Å². The summed E-state index contributed by atoms with van der Waals surface area (Å²) in [5, 5.41) is 0.638. The van der Waals surface area contributed by atoms with Gasteiger partial charge in [-0.15, -0.1) is 0 Å².